The first-order valence-corrected chi connectivity index (χ1v) is 8.82. The fraction of sp³-hybridized carbons (Fsp3) is 0.143. The molecule has 0 aliphatic carbocycles. The molecule has 1 heterocycles. The van der Waals surface area contributed by atoms with Crippen molar-refractivity contribution in [1.29, 1.82) is 0 Å². The summed E-state index contributed by atoms with van der Waals surface area (Å²) < 4.78 is 26.8. The van der Waals surface area contributed by atoms with E-state index in [0.29, 0.717) is 18.7 Å². The maximum absolute atomic E-state index is 13.4. The van der Waals surface area contributed by atoms with Crippen LogP contribution >= 0.6 is 0 Å². The van der Waals surface area contributed by atoms with Gasteiger partial charge in [-0.25, -0.2) is 8.78 Å². The summed E-state index contributed by atoms with van der Waals surface area (Å²) in [6, 6.07) is 18.7. The minimum absolute atomic E-state index is 0.00798. The summed E-state index contributed by atoms with van der Waals surface area (Å²) in [5, 5.41) is 11.6. The molecule has 3 aromatic carbocycles. The number of anilines is 2. The van der Waals surface area contributed by atoms with E-state index in [1.165, 1.54) is 30.3 Å². The number of nitro benzene ring substituents is 1. The average molecular weight is 381 g/mol. The molecular weight excluding hydrogens is 364 g/mol. The normalized spacial score (nSPS) is 14.5. The van der Waals surface area contributed by atoms with Crippen LogP contribution in [0.15, 0.2) is 72.8 Å². The van der Waals surface area contributed by atoms with E-state index in [1.54, 1.807) is 42.5 Å². The second-order valence-electron chi connectivity index (χ2n) is 6.53. The lowest BCUT2D eigenvalue weighted by molar-refractivity contribution is -0.385. The Bertz CT molecular complexity index is 940. The third-order valence-electron chi connectivity index (χ3n) is 4.90. The van der Waals surface area contributed by atoms with Crippen LogP contribution in [0.3, 0.4) is 0 Å². The van der Waals surface area contributed by atoms with E-state index in [0.717, 1.165) is 11.4 Å². The molecule has 1 aliphatic rings. The zero-order valence-corrected chi connectivity index (χ0v) is 14.8. The maximum atomic E-state index is 13.4. The lowest BCUT2D eigenvalue weighted by Crippen LogP contribution is -2.31. The first-order valence-electron chi connectivity index (χ1n) is 8.82. The van der Waals surface area contributed by atoms with E-state index in [4.69, 9.17) is 0 Å². The quantitative estimate of drug-likeness (QED) is 0.477. The monoisotopic (exact) mass is 381 g/mol. The van der Waals surface area contributed by atoms with Gasteiger partial charge in [0.1, 0.15) is 17.8 Å². The molecule has 5 nitrogen and oxygen atoms in total. The van der Waals surface area contributed by atoms with E-state index in [1.807, 2.05) is 9.80 Å². The van der Waals surface area contributed by atoms with Crippen LogP contribution in [0.4, 0.5) is 25.8 Å². The van der Waals surface area contributed by atoms with Gasteiger partial charge in [-0.1, -0.05) is 12.1 Å². The van der Waals surface area contributed by atoms with Gasteiger partial charge in [-0.15, -0.1) is 0 Å². The van der Waals surface area contributed by atoms with Crippen LogP contribution in [0, 0.1) is 21.7 Å². The van der Waals surface area contributed by atoms with Gasteiger partial charge in [0.25, 0.3) is 5.69 Å². The van der Waals surface area contributed by atoms with Gasteiger partial charge in [-0.3, -0.25) is 10.1 Å². The van der Waals surface area contributed by atoms with Gasteiger partial charge in [0, 0.05) is 30.5 Å². The summed E-state index contributed by atoms with van der Waals surface area (Å²) in [7, 11) is 0. The van der Waals surface area contributed by atoms with Crippen molar-refractivity contribution in [1.82, 2.24) is 0 Å². The number of para-hydroxylation sites is 1. The van der Waals surface area contributed by atoms with Crippen molar-refractivity contribution < 1.29 is 13.7 Å². The molecule has 0 saturated carbocycles. The SMILES string of the molecule is O=[N+]([O-])c1ccccc1C1N(c2ccc(F)cc2)CCN1c1ccc(F)cc1. The highest BCUT2D eigenvalue weighted by atomic mass is 19.1. The van der Waals surface area contributed by atoms with Gasteiger partial charge in [0.05, 0.1) is 10.5 Å². The smallest absolute Gasteiger partial charge is 0.276 e. The molecule has 0 radical (unpaired) electrons. The highest BCUT2D eigenvalue weighted by Gasteiger charge is 2.37. The number of halogens is 2. The first-order chi connectivity index (χ1) is 13.5. The maximum Gasteiger partial charge on any atom is 0.276 e. The van der Waals surface area contributed by atoms with E-state index >= 15 is 0 Å². The molecule has 0 bridgehead atoms. The van der Waals surface area contributed by atoms with Gasteiger partial charge in [-0.05, 0) is 54.6 Å². The zero-order chi connectivity index (χ0) is 19.7. The summed E-state index contributed by atoms with van der Waals surface area (Å²) >= 11 is 0. The molecule has 4 rings (SSSR count). The van der Waals surface area contributed by atoms with E-state index in [9.17, 15) is 18.9 Å². The van der Waals surface area contributed by atoms with Gasteiger partial charge >= 0.3 is 0 Å². The highest BCUT2D eigenvalue weighted by molar-refractivity contribution is 5.61. The van der Waals surface area contributed by atoms with Crippen molar-refractivity contribution in [3.8, 4) is 0 Å². The number of hydrogen-bond acceptors (Lipinski definition) is 4. The third-order valence-corrected chi connectivity index (χ3v) is 4.90. The first kappa shape index (κ1) is 17.9. The molecule has 3 aromatic rings. The lowest BCUT2D eigenvalue weighted by Gasteiger charge is -2.33. The second-order valence-corrected chi connectivity index (χ2v) is 6.53. The number of benzene rings is 3. The summed E-state index contributed by atoms with van der Waals surface area (Å²) in [5.74, 6) is -0.693. The van der Waals surface area contributed by atoms with Crippen LogP contribution in [-0.4, -0.2) is 18.0 Å². The van der Waals surface area contributed by atoms with Gasteiger partial charge in [0.2, 0.25) is 0 Å². The average Bonchev–Trinajstić information content (AvgIpc) is 3.14. The molecule has 1 fully saturated rings. The Morgan fingerprint density at radius 1 is 0.786 bits per heavy atom. The molecule has 0 amide bonds. The standard InChI is InChI=1S/C21H17F2N3O2/c22-15-5-9-17(10-6-15)24-13-14-25(18-11-7-16(23)8-12-18)21(24)19-3-1-2-4-20(19)26(27)28/h1-12,21H,13-14H2. The molecule has 1 saturated heterocycles. The van der Waals surface area contributed by atoms with Crippen molar-refractivity contribution in [2.24, 2.45) is 0 Å². The Morgan fingerprint density at radius 3 is 1.71 bits per heavy atom. The Morgan fingerprint density at radius 2 is 1.25 bits per heavy atom. The fourth-order valence-electron chi connectivity index (χ4n) is 3.64. The van der Waals surface area contributed by atoms with Gasteiger partial charge in [0.15, 0.2) is 0 Å². The molecule has 0 atom stereocenters. The van der Waals surface area contributed by atoms with Crippen LogP contribution < -0.4 is 9.80 Å². The fourth-order valence-corrected chi connectivity index (χ4v) is 3.64. The molecule has 1 aliphatic heterocycles. The second kappa shape index (κ2) is 7.26. The molecule has 0 aromatic heterocycles. The van der Waals surface area contributed by atoms with Crippen LogP contribution in [0.25, 0.3) is 0 Å². The van der Waals surface area contributed by atoms with E-state index in [2.05, 4.69) is 0 Å². The molecule has 0 N–H and O–H groups in total. The number of nitro groups is 1. The van der Waals surface area contributed by atoms with Crippen molar-refractivity contribution in [3.05, 3.63) is 100 Å². The zero-order valence-electron chi connectivity index (χ0n) is 14.8. The molecule has 28 heavy (non-hydrogen) atoms. The Kier molecular flexibility index (Phi) is 4.65. The Balaban J connectivity index is 1.83. The number of hydrogen-bond donors (Lipinski definition) is 0. The molecular formula is C21H17F2N3O2. The number of nitrogens with zero attached hydrogens (tertiary/aromatic N) is 3. The van der Waals surface area contributed by atoms with Crippen LogP contribution in [0.2, 0.25) is 0 Å². The molecule has 0 unspecified atom stereocenters. The van der Waals surface area contributed by atoms with Crippen molar-refractivity contribution in [2.45, 2.75) is 6.17 Å². The highest BCUT2D eigenvalue weighted by Crippen LogP contribution is 2.40. The summed E-state index contributed by atoms with van der Waals surface area (Å²) in [6.07, 6.45) is -0.475. The third kappa shape index (κ3) is 3.26. The predicted molar refractivity (Wildman–Crippen MR) is 103 cm³/mol. The van der Waals surface area contributed by atoms with Crippen LogP contribution in [-0.2, 0) is 0 Å². The minimum atomic E-state index is -0.475. The lowest BCUT2D eigenvalue weighted by atomic mass is 10.1. The Hall–Kier alpha value is -3.48. The Labute approximate surface area is 160 Å². The van der Waals surface area contributed by atoms with Gasteiger partial charge in [-0.2, -0.15) is 0 Å². The van der Waals surface area contributed by atoms with E-state index < -0.39 is 11.1 Å². The molecule has 7 heteroatoms. The topological polar surface area (TPSA) is 49.6 Å². The summed E-state index contributed by atoms with van der Waals surface area (Å²) in [6.45, 7) is 1.17. The largest absolute Gasteiger partial charge is 0.345 e. The van der Waals surface area contributed by atoms with Crippen molar-refractivity contribution in [3.63, 3.8) is 0 Å². The van der Waals surface area contributed by atoms with Crippen molar-refractivity contribution in [2.75, 3.05) is 22.9 Å². The predicted octanol–water partition coefficient (Wildman–Crippen LogP) is 4.90. The van der Waals surface area contributed by atoms with Crippen molar-refractivity contribution >= 4 is 17.1 Å². The van der Waals surface area contributed by atoms with Gasteiger partial charge < -0.3 is 9.80 Å². The summed E-state index contributed by atoms with van der Waals surface area (Å²) in [4.78, 5) is 15.2. The summed E-state index contributed by atoms with van der Waals surface area (Å²) in [5.41, 5.74) is 2.05. The minimum Gasteiger partial charge on any atom is -0.345 e. The molecule has 0 spiro atoms. The molecule has 142 valence electrons. The number of rotatable bonds is 4. The van der Waals surface area contributed by atoms with Crippen LogP contribution in [0.5, 0.6) is 0 Å². The van der Waals surface area contributed by atoms with Crippen LogP contribution in [0.1, 0.15) is 11.7 Å². The van der Waals surface area contributed by atoms with E-state index in [-0.39, 0.29) is 17.3 Å².